The van der Waals surface area contributed by atoms with Crippen molar-refractivity contribution in [1.82, 2.24) is 0 Å². The summed E-state index contributed by atoms with van der Waals surface area (Å²) in [4.78, 5) is 11.6. The van der Waals surface area contributed by atoms with Crippen molar-refractivity contribution >= 4 is 5.97 Å². The van der Waals surface area contributed by atoms with Crippen LogP contribution in [0.4, 0.5) is 0 Å². The molecular formula is C24H25NO4. The number of ether oxygens (including phenoxy) is 3. The van der Waals surface area contributed by atoms with Gasteiger partial charge in [0.15, 0.2) is 11.5 Å². The van der Waals surface area contributed by atoms with Gasteiger partial charge in [-0.25, -0.2) is 0 Å². The van der Waals surface area contributed by atoms with E-state index in [4.69, 9.17) is 19.9 Å². The lowest BCUT2D eigenvalue weighted by atomic mass is 10.0. The van der Waals surface area contributed by atoms with E-state index in [0.29, 0.717) is 24.7 Å². The second-order valence-electron chi connectivity index (χ2n) is 6.64. The first-order valence-corrected chi connectivity index (χ1v) is 9.45. The highest BCUT2D eigenvalue weighted by atomic mass is 16.5. The molecule has 1 atom stereocenters. The maximum absolute atomic E-state index is 11.6. The molecule has 2 N–H and O–H groups in total. The maximum Gasteiger partial charge on any atom is 0.307 e. The number of carbonyl (C=O) groups excluding carboxylic acids is 1. The molecule has 29 heavy (non-hydrogen) atoms. The smallest absolute Gasteiger partial charge is 0.307 e. The summed E-state index contributed by atoms with van der Waals surface area (Å²) in [5, 5.41) is 0. The van der Waals surface area contributed by atoms with Gasteiger partial charge in [0, 0.05) is 6.04 Å². The van der Waals surface area contributed by atoms with Crippen LogP contribution in [0.25, 0.3) is 0 Å². The van der Waals surface area contributed by atoms with Crippen LogP contribution in [-0.2, 0) is 22.7 Å². The molecule has 0 spiro atoms. The van der Waals surface area contributed by atoms with Gasteiger partial charge in [0.1, 0.15) is 13.2 Å². The largest absolute Gasteiger partial charge is 0.485 e. The molecule has 0 bridgehead atoms. The van der Waals surface area contributed by atoms with E-state index in [1.54, 1.807) is 0 Å². The molecule has 0 saturated heterocycles. The number of carbonyl (C=O) groups is 1. The molecule has 0 radical (unpaired) electrons. The first kappa shape index (κ1) is 20.4. The maximum atomic E-state index is 11.6. The Kier molecular flexibility index (Phi) is 7.25. The second kappa shape index (κ2) is 10.3. The summed E-state index contributed by atoms with van der Waals surface area (Å²) in [5.41, 5.74) is 9.06. The Morgan fingerprint density at radius 1 is 0.828 bits per heavy atom. The summed E-state index contributed by atoms with van der Waals surface area (Å²) >= 11 is 0. The molecule has 0 fully saturated rings. The Hall–Kier alpha value is -3.31. The van der Waals surface area contributed by atoms with Crippen LogP contribution in [0.3, 0.4) is 0 Å². The molecule has 3 aromatic carbocycles. The van der Waals surface area contributed by atoms with Crippen molar-refractivity contribution in [3.63, 3.8) is 0 Å². The zero-order valence-electron chi connectivity index (χ0n) is 16.4. The molecule has 150 valence electrons. The van der Waals surface area contributed by atoms with Gasteiger partial charge in [-0.2, -0.15) is 0 Å². The van der Waals surface area contributed by atoms with Crippen LogP contribution >= 0.6 is 0 Å². The average molecular weight is 391 g/mol. The molecule has 0 aliphatic heterocycles. The lowest BCUT2D eigenvalue weighted by Gasteiger charge is -2.17. The van der Waals surface area contributed by atoms with Crippen molar-refractivity contribution in [3.05, 3.63) is 95.6 Å². The highest BCUT2D eigenvalue weighted by Gasteiger charge is 2.15. The number of methoxy groups -OCH3 is 1. The van der Waals surface area contributed by atoms with E-state index in [9.17, 15) is 4.79 Å². The Morgan fingerprint density at radius 2 is 1.38 bits per heavy atom. The number of rotatable bonds is 9. The lowest BCUT2D eigenvalue weighted by Crippen LogP contribution is -2.16. The molecule has 0 heterocycles. The molecule has 0 saturated carbocycles. The van der Waals surface area contributed by atoms with Crippen LogP contribution in [0, 0.1) is 0 Å². The molecule has 0 amide bonds. The van der Waals surface area contributed by atoms with Crippen molar-refractivity contribution in [2.45, 2.75) is 25.7 Å². The molecule has 3 rings (SSSR count). The van der Waals surface area contributed by atoms with Crippen LogP contribution in [0.15, 0.2) is 78.9 Å². The van der Waals surface area contributed by atoms with E-state index in [0.717, 1.165) is 16.7 Å². The van der Waals surface area contributed by atoms with Crippen molar-refractivity contribution < 1.29 is 19.0 Å². The Labute approximate surface area is 171 Å². The molecule has 0 aliphatic rings. The fourth-order valence-corrected chi connectivity index (χ4v) is 2.84. The summed E-state index contributed by atoms with van der Waals surface area (Å²) in [6.45, 7) is 0.828. The highest BCUT2D eigenvalue weighted by molar-refractivity contribution is 5.70. The number of esters is 1. The molecule has 3 aromatic rings. The monoisotopic (exact) mass is 391 g/mol. The topological polar surface area (TPSA) is 70.8 Å². The molecule has 5 heteroatoms. The minimum Gasteiger partial charge on any atom is -0.485 e. The zero-order chi connectivity index (χ0) is 20.5. The van der Waals surface area contributed by atoms with Crippen LogP contribution < -0.4 is 15.2 Å². The molecule has 5 nitrogen and oxygen atoms in total. The Bertz CT molecular complexity index is 913. The van der Waals surface area contributed by atoms with E-state index in [2.05, 4.69) is 0 Å². The van der Waals surface area contributed by atoms with E-state index in [1.165, 1.54) is 7.11 Å². The number of benzene rings is 3. The quantitative estimate of drug-likeness (QED) is 0.547. The Balaban J connectivity index is 1.78. The minimum absolute atomic E-state index is 0.0961. The van der Waals surface area contributed by atoms with E-state index < -0.39 is 6.04 Å². The van der Waals surface area contributed by atoms with Gasteiger partial charge in [0.2, 0.25) is 0 Å². The van der Waals surface area contributed by atoms with Gasteiger partial charge in [-0.05, 0) is 28.8 Å². The average Bonchev–Trinajstić information content (AvgIpc) is 2.77. The van der Waals surface area contributed by atoms with Crippen LogP contribution in [0.2, 0.25) is 0 Å². The van der Waals surface area contributed by atoms with Crippen LogP contribution in [0.1, 0.15) is 29.2 Å². The van der Waals surface area contributed by atoms with Gasteiger partial charge in [-0.15, -0.1) is 0 Å². The molecule has 0 unspecified atom stereocenters. The van der Waals surface area contributed by atoms with Crippen molar-refractivity contribution in [2.24, 2.45) is 5.73 Å². The van der Waals surface area contributed by atoms with Crippen LogP contribution in [-0.4, -0.2) is 13.1 Å². The first-order chi connectivity index (χ1) is 14.2. The molecular weight excluding hydrogens is 366 g/mol. The van der Waals surface area contributed by atoms with E-state index in [-0.39, 0.29) is 12.4 Å². The SMILES string of the molecule is COC(=O)C[C@H](N)c1ccc(OCc2ccccc2)c(OCc2ccccc2)c1. The third kappa shape index (κ3) is 6.09. The summed E-state index contributed by atoms with van der Waals surface area (Å²) in [6, 6.07) is 24.8. The van der Waals surface area contributed by atoms with Crippen molar-refractivity contribution in [3.8, 4) is 11.5 Å². The molecule has 0 aliphatic carbocycles. The summed E-state index contributed by atoms with van der Waals surface area (Å²) in [5.74, 6) is 0.857. The minimum atomic E-state index is -0.482. The van der Waals surface area contributed by atoms with Crippen molar-refractivity contribution in [1.29, 1.82) is 0 Å². The standard InChI is InChI=1S/C24H25NO4/c1-27-24(26)15-21(25)20-12-13-22(28-16-18-8-4-2-5-9-18)23(14-20)29-17-19-10-6-3-7-11-19/h2-14,21H,15-17,25H2,1H3/t21-/m0/s1. The third-order valence-electron chi connectivity index (χ3n) is 4.48. The van der Waals surface area contributed by atoms with Gasteiger partial charge in [-0.1, -0.05) is 66.7 Å². The fourth-order valence-electron chi connectivity index (χ4n) is 2.84. The first-order valence-electron chi connectivity index (χ1n) is 9.45. The third-order valence-corrected chi connectivity index (χ3v) is 4.48. The predicted molar refractivity (Wildman–Crippen MR) is 112 cm³/mol. The van der Waals surface area contributed by atoms with Gasteiger partial charge in [0.05, 0.1) is 13.5 Å². The van der Waals surface area contributed by atoms with Gasteiger partial charge in [0.25, 0.3) is 0 Å². The number of hydrogen-bond acceptors (Lipinski definition) is 5. The van der Waals surface area contributed by atoms with Gasteiger partial charge >= 0.3 is 5.97 Å². The predicted octanol–water partition coefficient (Wildman–Crippen LogP) is 4.41. The van der Waals surface area contributed by atoms with Crippen LogP contribution in [0.5, 0.6) is 11.5 Å². The highest BCUT2D eigenvalue weighted by Crippen LogP contribution is 2.32. The normalized spacial score (nSPS) is 11.5. The van der Waals surface area contributed by atoms with E-state index in [1.807, 2.05) is 78.9 Å². The van der Waals surface area contributed by atoms with E-state index >= 15 is 0 Å². The summed E-state index contributed by atoms with van der Waals surface area (Å²) in [6.07, 6.45) is 0.0961. The van der Waals surface area contributed by atoms with Crippen molar-refractivity contribution in [2.75, 3.05) is 7.11 Å². The zero-order valence-corrected chi connectivity index (χ0v) is 16.4. The van der Waals surface area contributed by atoms with Gasteiger partial charge < -0.3 is 19.9 Å². The Morgan fingerprint density at radius 3 is 1.93 bits per heavy atom. The van der Waals surface area contributed by atoms with Gasteiger partial charge in [-0.3, -0.25) is 4.79 Å². The number of nitrogens with two attached hydrogens (primary N) is 1. The second-order valence-corrected chi connectivity index (χ2v) is 6.64. The molecule has 0 aromatic heterocycles. The summed E-state index contributed by atoms with van der Waals surface area (Å²) in [7, 11) is 1.35. The number of hydrogen-bond donors (Lipinski definition) is 1. The summed E-state index contributed by atoms with van der Waals surface area (Å²) < 4.78 is 16.7. The lowest BCUT2D eigenvalue weighted by molar-refractivity contribution is -0.141. The fraction of sp³-hybridized carbons (Fsp3) is 0.208.